The Balaban J connectivity index is 2.45. The number of hydrogen-bond donors (Lipinski definition) is 0. The van der Waals surface area contributed by atoms with Gasteiger partial charge in [0.25, 0.3) is 0 Å². The van der Waals surface area contributed by atoms with Crippen molar-refractivity contribution in [1.29, 1.82) is 5.26 Å². The van der Waals surface area contributed by atoms with Crippen LogP contribution in [0.15, 0.2) is 41.0 Å². The predicted octanol–water partition coefficient (Wildman–Crippen LogP) is 3.15. The van der Waals surface area contributed by atoms with Gasteiger partial charge in [0.2, 0.25) is 0 Å². The molecule has 2 nitrogen and oxygen atoms in total. The molecule has 0 aliphatic rings. The highest BCUT2D eigenvalue weighted by Gasteiger charge is 2.04. The Morgan fingerprint density at radius 1 is 1.33 bits per heavy atom. The quantitative estimate of drug-likeness (QED) is 0.748. The number of hydrogen-bond acceptors (Lipinski definition) is 2. The van der Waals surface area contributed by atoms with Crippen molar-refractivity contribution in [2.24, 2.45) is 0 Å². The lowest BCUT2D eigenvalue weighted by Gasteiger charge is -2.00. The van der Waals surface area contributed by atoms with Gasteiger partial charge in [-0.25, -0.2) is 4.39 Å². The molecule has 0 atom stereocenters. The summed E-state index contributed by atoms with van der Waals surface area (Å²) in [6, 6.07) is 9.98. The van der Waals surface area contributed by atoms with Gasteiger partial charge in [0.05, 0.1) is 18.8 Å². The summed E-state index contributed by atoms with van der Waals surface area (Å²) in [7, 11) is 0. The Kier molecular flexibility index (Phi) is 2.51. The minimum Gasteiger partial charge on any atom is -0.464 e. The Morgan fingerprint density at radius 2 is 2.20 bits per heavy atom. The van der Waals surface area contributed by atoms with Crippen molar-refractivity contribution in [1.82, 2.24) is 0 Å². The van der Waals surface area contributed by atoms with E-state index >= 15 is 0 Å². The summed E-state index contributed by atoms with van der Waals surface area (Å²) in [6.45, 7) is 0. The molecule has 0 saturated carbocycles. The predicted molar refractivity (Wildman–Crippen MR) is 53.4 cm³/mol. The molecule has 0 fully saturated rings. The molecule has 0 amide bonds. The summed E-state index contributed by atoms with van der Waals surface area (Å²) in [5.41, 5.74) is 1.31. The lowest BCUT2D eigenvalue weighted by atomic mass is 10.1. The number of nitriles is 1. The van der Waals surface area contributed by atoms with Crippen LogP contribution < -0.4 is 0 Å². The van der Waals surface area contributed by atoms with E-state index in [-0.39, 0.29) is 12.2 Å². The number of benzene rings is 1. The van der Waals surface area contributed by atoms with E-state index in [2.05, 4.69) is 0 Å². The first kappa shape index (κ1) is 9.47. The molecule has 0 spiro atoms. The highest BCUT2D eigenvalue weighted by molar-refractivity contribution is 5.58. The summed E-state index contributed by atoms with van der Waals surface area (Å²) in [6.07, 6.45) is 1.73. The van der Waals surface area contributed by atoms with Gasteiger partial charge in [0.1, 0.15) is 11.6 Å². The third kappa shape index (κ3) is 2.05. The van der Waals surface area contributed by atoms with E-state index in [1.54, 1.807) is 18.2 Å². The van der Waals surface area contributed by atoms with Crippen LogP contribution in [-0.2, 0) is 6.42 Å². The van der Waals surface area contributed by atoms with Crippen LogP contribution in [0.3, 0.4) is 0 Å². The van der Waals surface area contributed by atoms with Gasteiger partial charge in [0, 0.05) is 5.56 Å². The normalized spacial score (nSPS) is 9.87. The summed E-state index contributed by atoms with van der Waals surface area (Å²) in [4.78, 5) is 0. The Morgan fingerprint density at radius 3 is 2.87 bits per heavy atom. The average Bonchev–Trinajstić information content (AvgIpc) is 2.70. The van der Waals surface area contributed by atoms with Gasteiger partial charge in [-0.15, -0.1) is 0 Å². The number of furan rings is 1. The maximum atomic E-state index is 13.2. The molecule has 2 rings (SSSR count). The third-order valence-electron chi connectivity index (χ3n) is 2.05. The maximum Gasteiger partial charge on any atom is 0.133 e. The summed E-state index contributed by atoms with van der Waals surface area (Å²) in [5.74, 6) is 0.253. The fourth-order valence-corrected chi connectivity index (χ4v) is 1.43. The fraction of sp³-hybridized carbons (Fsp3) is 0.0833. The minimum atomic E-state index is -0.353. The monoisotopic (exact) mass is 201 g/mol. The maximum absolute atomic E-state index is 13.2. The molecular formula is C12H8FNO. The van der Waals surface area contributed by atoms with Gasteiger partial charge < -0.3 is 4.42 Å². The van der Waals surface area contributed by atoms with Crippen LogP contribution in [0.1, 0.15) is 5.56 Å². The Bertz CT molecular complexity index is 497. The van der Waals surface area contributed by atoms with Crippen molar-refractivity contribution in [3.05, 3.63) is 48.0 Å². The first-order valence-electron chi connectivity index (χ1n) is 4.50. The van der Waals surface area contributed by atoms with Crippen LogP contribution in [0, 0.1) is 17.1 Å². The van der Waals surface area contributed by atoms with E-state index in [4.69, 9.17) is 9.68 Å². The van der Waals surface area contributed by atoms with Crippen molar-refractivity contribution in [2.75, 3.05) is 0 Å². The summed E-state index contributed by atoms with van der Waals surface area (Å²) < 4.78 is 18.3. The van der Waals surface area contributed by atoms with Gasteiger partial charge in [-0.3, -0.25) is 0 Å². The van der Waals surface area contributed by atoms with Crippen LogP contribution in [0.25, 0.3) is 11.3 Å². The van der Waals surface area contributed by atoms with Crippen LogP contribution >= 0.6 is 0 Å². The zero-order valence-corrected chi connectivity index (χ0v) is 7.90. The zero-order chi connectivity index (χ0) is 10.7. The molecule has 0 aliphatic carbocycles. The van der Waals surface area contributed by atoms with Crippen molar-refractivity contribution in [2.45, 2.75) is 6.42 Å². The second kappa shape index (κ2) is 3.97. The van der Waals surface area contributed by atoms with E-state index in [1.807, 2.05) is 6.07 Å². The van der Waals surface area contributed by atoms with Crippen molar-refractivity contribution >= 4 is 0 Å². The van der Waals surface area contributed by atoms with Crippen molar-refractivity contribution < 1.29 is 8.81 Å². The molecule has 0 saturated heterocycles. The third-order valence-corrected chi connectivity index (χ3v) is 2.05. The molecule has 0 aliphatic heterocycles. The van der Waals surface area contributed by atoms with Gasteiger partial charge in [-0.2, -0.15) is 5.26 Å². The SMILES string of the molecule is N#CCc1cc(F)cc(-c2ccco2)c1. The molecule has 1 aromatic carbocycles. The van der Waals surface area contributed by atoms with Crippen LogP contribution in [0.5, 0.6) is 0 Å². The number of nitrogens with zero attached hydrogens (tertiary/aromatic N) is 1. The van der Waals surface area contributed by atoms with Crippen molar-refractivity contribution in [3.63, 3.8) is 0 Å². The standard InChI is InChI=1S/C12H8FNO/c13-11-7-9(3-4-14)6-10(8-11)12-2-1-5-15-12/h1-2,5-8H,3H2. The largest absolute Gasteiger partial charge is 0.464 e. The molecule has 3 heteroatoms. The number of halogens is 1. The lowest BCUT2D eigenvalue weighted by molar-refractivity contribution is 0.580. The van der Waals surface area contributed by atoms with E-state index in [1.165, 1.54) is 18.4 Å². The second-order valence-electron chi connectivity index (χ2n) is 3.16. The first-order valence-corrected chi connectivity index (χ1v) is 4.50. The molecule has 0 N–H and O–H groups in total. The second-order valence-corrected chi connectivity index (χ2v) is 3.16. The first-order chi connectivity index (χ1) is 7.29. The highest BCUT2D eigenvalue weighted by atomic mass is 19.1. The lowest BCUT2D eigenvalue weighted by Crippen LogP contribution is -1.86. The van der Waals surface area contributed by atoms with Crippen LogP contribution in [0.2, 0.25) is 0 Å². The summed E-state index contributed by atoms with van der Waals surface area (Å²) in [5, 5.41) is 8.54. The molecule has 0 bridgehead atoms. The molecule has 0 radical (unpaired) electrons. The van der Waals surface area contributed by atoms with E-state index < -0.39 is 0 Å². The molecule has 74 valence electrons. The highest BCUT2D eigenvalue weighted by Crippen LogP contribution is 2.22. The molecule has 0 unspecified atom stereocenters. The van der Waals surface area contributed by atoms with Gasteiger partial charge >= 0.3 is 0 Å². The Hall–Kier alpha value is -2.08. The van der Waals surface area contributed by atoms with Gasteiger partial charge in [0.15, 0.2) is 0 Å². The summed E-state index contributed by atoms with van der Waals surface area (Å²) >= 11 is 0. The molecule has 15 heavy (non-hydrogen) atoms. The van der Waals surface area contributed by atoms with Crippen LogP contribution in [-0.4, -0.2) is 0 Å². The topological polar surface area (TPSA) is 36.9 Å². The van der Waals surface area contributed by atoms with Crippen molar-refractivity contribution in [3.8, 4) is 17.4 Å². The molecule has 1 heterocycles. The van der Waals surface area contributed by atoms with Gasteiger partial charge in [-0.05, 0) is 35.9 Å². The van der Waals surface area contributed by atoms with E-state index in [9.17, 15) is 4.39 Å². The van der Waals surface area contributed by atoms with Crippen LogP contribution in [0.4, 0.5) is 4.39 Å². The Labute approximate surface area is 86.6 Å². The van der Waals surface area contributed by atoms with E-state index in [0.29, 0.717) is 16.9 Å². The number of rotatable bonds is 2. The minimum absolute atomic E-state index is 0.200. The molecule has 1 aromatic heterocycles. The average molecular weight is 201 g/mol. The zero-order valence-electron chi connectivity index (χ0n) is 7.90. The molecule has 2 aromatic rings. The van der Waals surface area contributed by atoms with Gasteiger partial charge in [-0.1, -0.05) is 0 Å². The smallest absolute Gasteiger partial charge is 0.133 e. The van der Waals surface area contributed by atoms with E-state index in [0.717, 1.165) is 0 Å². The molecular weight excluding hydrogens is 193 g/mol. The fourth-order valence-electron chi connectivity index (χ4n) is 1.43.